The third-order valence-electron chi connectivity index (χ3n) is 4.21. The topological polar surface area (TPSA) is 79.9 Å². The molecule has 2 aromatic carbocycles. The molecule has 0 unspecified atom stereocenters. The van der Waals surface area contributed by atoms with Gasteiger partial charge in [-0.3, -0.25) is 14.5 Å². The van der Waals surface area contributed by atoms with Crippen LogP contribution in [0.15, 0.2) is 42.5 Å². The number of carbonyl (C=O) groups excluding carboxylic acids is 2. The van der Waals surface area contributed by atoms with Gasteiger partial charge in [0.2, 0.25) is 18.6 Å². The fraction of sp³-hybridized carbons (Fsp3) is 0.300. The Hall–Kier alpha value is -3.13. The maximum absolute atomic E-state index is 13.2. The predicted molar refractivity (Wildman–Crippen MR) is 102 cm³/mol. The molecule has 3 rings (SSSR count). The Kier molecular flexibility index (Phi) is 6.10. The Morgan fingerprint density at radius 2 is 1.86 bits per heavy atom. The standard InChI is InChI=1S/C20H22FN3O4/c1-13(14-6-7-17-18(8-14)28-12-27-17)22-19(25)10-24(2)11-20(26)23-16-5-3-4-15(21)9-16/h3-9,13H,10-12H2,1-2H3,(H,22,25)(H,23,26)/t13-/m1/s1. The Morgan fingerprint density at radius 3 is 2.64 bits per heavy atom. The van der Waals surface area contributed by atoms with Crippen molar-refractivity contribution in [1.29, 1.82) is 0 Å². The van der Waals surface area contributed by atoms with Gasteiger partial charge in [-0.05, 0) is 49.9 Å². The highest BCUT2D eigenvalue weighted by Crippen LogP contribution is 2.34. The third-order valence-corrected chi connectivity index (χ3v) is 4.21. The van der Waals surface area contributed by atoms with E-state index in [2.05, 4.69) is 10.6 Å². The van der Waals surface area contributed by atoms with Gasteiger partial charge in [0.15, 0.2) is 11.5 Å². The van der Waals surface area contributed by atoms with Crippen LogP contribution in [0.4, 0.5) is 10.1 Å². The van der Waals surface area contributed by atoms with Gasteiger partial charge < -0.3 is 20.1 Å². The second-order valence-corrected chi connectivity index (χ2v) is 6.63. The van der Waals surface area contributed by atoms with Crippen molar-refractivity contribution in [2.24, 2.45) is 0 Å². The summed E-state index contributed by atoms with van der Waals surface area (Å²) < 4.78 is 23.8. The zero-order valence-corrected chi connectivity index (χ0v) is 15.7. The van der Waals surface area contributed by atoms with Crippen molar-refractivity contribution in [2.75, 3.05) is 32.2 Å². The molecule has 1 aliphatic rings. The van der Waals surface area contributed by atoms with Gasteiger partial charge in [-0.25, -0.2) is 4.39 Å². The molecule has 0 fully saturated rings. The molecule has 1 aliphatic heterocycles. The van der Waals surface area contributed by atoms with Crippen LogP contribution >= 0.6 is 0 Å². The average molecular weight is 387 g/mol. The van der Waals surface area contributed by atoms with E-state index in [1.807, 2.05) is 25.1 Å². The second-order valence-electron chi connectivity index (χ2n) is 6.63. The maximum atomic E-state index is 13.2. The van der Waals surface area contributed by atoms with Crippen LogP contribution in [0, 0.1) is 5.82 Å². The molecule has 2 amide bonds. The quantitative estimate of drug-likeness (QED) is 0.762. The van der Waals surface area contributed by atoms with Crippen molar-refractivity contribution >= 4 is 17.5 Å². The van der Waals surface area contributed by atoms with Crippen molar-refractivity contribution in [1.82, 2.24) is 10.2 Å². The molecule has 148 valence electrons. The van der Waals surface area contributed by atoms with Crippen LogP contribution in [0.3, 0.4) is 0 Å². The first-order valence-corrected chi connectivity index (χ1v) is 8.83. The van der Waals surface area contributed by atoms with E-state index in [0.29, 0.717) is 17.2 Å². The largest absolute Gasteiger partial charge is 0.454 e. The van der Waals surface area contributed by atoms with Crippen molar-refractivity contribution in [3.63, 3.8) is 0 Å². The molecular formula is C20H22FN3O4. The van der Waals surface area contributed by atoms with Crippen molar-refractivity contribution in [2.45, 2.75) is 13.0 Å². The molecule has 7 nitrogen and oxygen atoms in total. The van der Waals surface area contributed by atoms with Gasteiger partial charge in [-0.2, -0.15) is 0 Å². The molecule has 28 heavy (non-hydrogen) atoms. The smallest absolute Gasteiger partial charge is 0.238 e. The minimum absolute atomic E-state index is 0.00232. The normalized spacial score (nSPS) is 13.3. The van der Waals surface area contributed by atoms with Crippen LogP contribution in [0.2, 0.25) is 0 Å². The lowest BCUT2D eigenvalue weighted by Gasteiger charge is -2.19. The van der Waals surface area contributed by atoms with Crippen LogP contribution in [0.1, 0.15) is 18.5 Å². The van der Waals surface area contributed by atoms with Crippen molar-refractivity contribution < 1.29 is 23.5 Å². The number of hydrogen-bond donors (Lipinski definition) is 2. The zero-order valence-electron chi connectivity index (χ0n) is 15.7. The lowest BCUT2D eigenvalue weighted by Crippen LogP contribution is -2.39. The number of nitrogens with zero attached hydrogens (tertiary/aromatic N) is 1. The minimum Gasteiger partial charge on any atom is -0.454 e. The van der Waals surface area contributed by atoms with Gasteiger partial charge in [-0.1, -0.05) is 12.1 Å². The van der Waals surface area contributed by atoms with Gasteiger partial charge in [0.05, 0.1) is 19.1 Å². The number of rotatable bonds is 7. The molecule has 8 heteroatoms. The van der Waals surface area contributed by atoms with Crippen LogP contribution in [0.25, 0.3) is 0 Å². The summed E-state index contributed by atoms with van der Waals surface area (Å²) in [7, 11) is 1.66. The number of likely N-dealkylation sites (N-methyl/N-ethyl adjacent to an activating group) is 1. The summed E-state index contributed by atoms with van der Waals surface area (Å²) in [4.78, 5) is 25.9. The molecular weight excluding hydrogens is 365 g/mol. The van der Waals surface area contributed by atoms with Gasteiger partial charge >= 0.3 is 0 Å². The molecule has 0 spiro atoms. The number of fused-ring (bicyclic) bond motifs is 1. The monoisotopic (exact) mass is 387 g/mol. The number of carbonyl (C=O) groups is 2. The van der Waals surface area contributed by atoms with Gasteiger partial charge in [0.25, 0.3) is 0 Å². The second kappa shape index (κ2) is 8.71. The molecule has 2 N–H and O–H groups in total. The first-order valence-electron chi connectivity index (χ1n) is 8.83. The number of anilines is 1. The van der Waals surface area contributed by atoms with Gasteiger partial charge in [-0.15, -0.1) is 0 Å². The molecule has 0 aromatic heterocycles. The number of benzene rings is 2. The van der Waals surface area contributed by atoms with E-state index in [-0.39, 0.29) is 37.7 Å². The highest BCUT2D eigenvalue weighted by atomic mass is 19.1. The highest BCUT2D eigenvalue weighted by Gasteiger charge is 2.18. The van der Waals surface area contributed by atoms with Crippen LogP contribution in [-0.4, -0.2) is 43.6 Å². The van der Waals surface area contributed by atoms with E-state index in [9.17, 15) is 14.0 Å². The summed E-state index contributed by atoms with van der Waals surface area (Å²) in [5.41, 5.74) is 1.27. The first-order chi connectivity index (χ1) is 13.4. The van der Waals surface area contributed by atoms with Crippen LogP contribution in [-0.2, 0) is 9.59 Å². The van der Waals surface area contributed by atoms with Gasteiger partial charge in [0, 0.05) is 5.69 Å². The van der Waals surface area contributed by atoms with E-state index in [0.717, 1.165) is 5.56 Å². The molecule has 0 bridgehead atoms. The van der Waals surface area contributed by atoms with E-state index in [4.69, 9.17) is 9.47 Å². The summed E-state index contributed by atoms with van der Waals surface area (Å²) in [6, 6.07) is 10.9. The zero-order chi connectivity index (χ0) is 20.1. The molecule has 2 aromatic rings. The Morgan fingerprint density at radius 1 is 1.11 bits per heavy atom. The average Bonchev–Trinajstić information content (AvgIpc) is 3.08. The molecule has 0 aliphatic carbocycles. The lowest BCUT2D eigenvalue weighted by molar-refractivity contribution is -0.123. The number of ether oxygens (including phenoxy) is 2. The summed E-state index contributed by atoms with van der Waals surface area (Å²) in [6.45, 7) is 2.11. The van der Waals surface area contributed by atoms with E-state index < -0.39 is 5.82 Å². The molecule has 1 atom stereocenters. The lowest BCUT2D eigenvalue weighted by atomic mass is 10.1. The minimum atomic E-state index is -0.428. The number of hydrogen-bond acceptors (Lipinski definition) is 5. The van der Waals surface area contributed by atoms with Crippen molar-refractivity contribution in [3.8, 4) is 11.5 Å². The fourth-order valence-corrected chi connectivity index (χ4v) is 2.87. The highest BCUT2D eigenvalue weighted by molar-refractivity contribution is 5.92. The van der Waals surface area contributed by atoms with Gasteiger partial charge in [0.1, 0.15) is 5.82 Å². The molecule has 0 radical (unpaired) electrons. The van der Waals surface area contributed by atoms with Crippen molar-refractivity contribution in [3.05, 3.63) is 53.8 Å². The first kappa shape index (κ1) is 19.6. The molecule has 0 saturated carbocycles. The predicted octanol–water partition coefficient (Wildman–Crippen LogP) is 2.30. The van der Waals surface area contributed by atoms with E-state index >= 15 is 0 Å². The SMILES string of the molecule is C[C@@H](NC(=O)CN(C)CC(=O)Nc1cccc(F)c1)c1ccc2c(c1)OCO2. The Labute approximate surface area is 162 Å². The van der Waals surface area contributed by atoms with E-state index in [1.165, 1.54) is 18.2 Å². The third kappa shape index (κ3) is 5.20. The summed E-state index contributed by atoms with van der Waals surface area (Å²) in [6.07, 6.45) is 0. The molecule has 0 saturated heterocycles. The number of nitrogens with one attached hydrogen (secondary N) is 2. The maximum Gasteiger partial charge on any atom is 0.238 e. The Bertz CT molecular complexity index is 874. The Balaban J connectivity index is 1.46. The summed E-state index contributed by atoms with van der Waals surface area (Å²) in [5, 5.41) is 5.49. The summed E-state index contributed by atoms with van der Waals surface area (Å²) in [5.74, 6) is 0.370. The van der Waals surface area contributed by atoms with E-state index in [1.54, 1.807) is 18.0 Å². The summed E-state index contributed by atoms with van der Waals surface area (Å²) >= 11 is 0. The number of halogens is 1. The number of amides is 2. The fourth-order valence-electron chi connectivity index (χ4n) is 2.87. The van der Waals surface area contributed by atoms with Crippen LogP contribution in [0.5, 0.6) is 11.5 Å². The van der Waals surface area contributed by atoms with Crippen LogP contribution < -0.4 is 20.1 Å². The molecule has 1 heterocycles.